The molecule has 0 unspecified atom stereocenters. The smallest absolute Gasteiger partial charge is 0.261 e. The number of methoxy groups -OCH3 is 2. The molecule has 0 radical (unpaired) electrons. The molecular formula is C20H20N2O4. The van der Waals surface area contributed by atoms with E-state index < -0.39 is 5.91 Å². The van der Waals surface area contributed by atoms with Gasteiger partial charge in [0.05, 0.1) is 25.1 Å². The number of fused-ring (bicyclic) bond motifs is 1. The zero-order chi connectivity index (χ0) is 18.7. The lowest BCUT2D eigenvalue weighted by Gasteiger charge is -2.13. The Hall–Kier alpha value is -3.28. The van der Waals surface area contributed by atoms with Crippen molar-refractivity contribution in [1.82, 2.24) is 4.57 Å². The van der Waals surface area contributed by atoms with Crippen molar-refractivity contribution in [2.75, 3.05) is 19.5 Å². The van der Waals surface area contributed by atoms with E-state index in [2.05, 4.69) is 5.32 Å². The summed E-state index contributed by atoms with van der Waals surface area (Å²) in [4.78, 5) is 25.5. The Balaban J connectivity index is 2.03. The van der Waals surface area contributed by atoms with E-state index in [4.69, 9.17) is 9.47 Å². The predicted molar refractivity (Wildman–Crippen MR) is 101 cm³/mol. The summed E-state index contributed by atoms with van der Waals surface area (Å²) in [6.45, 7) is 2.59. The van der Waals surface area contributed by atoms with Gasteiger partial charge in [-0.2, -0.15) is 0 Å². The Labute approximate surface area is 151 Å². The van der Waals surface area contributed by atoms with Crippen LogP contribution < -0.4 is 20.2 Å². The molecule has 1 N–H and O–H groups in total. The third-order valence-corrected chi connectivity index (χ3v) is 4.22. The Kier molecular flexibility index (Phi) is 4.93. The van der Waals surface area contributed by atoms with Gasteiger partial charge in [-0.3, -0.25) is 9.59 Å². The number of pyridine rings is 1. The monoisotopic (exact) mass is 352 g/mol. The van der Waals surface area contributed by atoms with Crippen molar-refractivity contribution in [3.05, 3.63) is 64.4 Å². The van der Waals surface area contributed by atoms with E-state index in [0.717, 1.165) is 5.52 Å². The molecule has 6 heteroatoms. The van der Waals surface area contributed by atoms with Crippen LogP contribution in [0.15, 0.2) is 53.5 Å². The van der Waals surface area contributed by atoms with Crippen LogP contribution in [0.5, 0.6) is 11.5 Å². The molecule has 0 bridgehead atoms. The van der Waals surface area contributed by atoms with Crippen LogP contribution in [0.3, 0.4) is 0 Å². The molecule has 3 aromatic rings. The first-order valence-electron chi connectivity index (χ1n) is 8.24. The van der Waals surface area contributed by atoms with Gasteiger partial charge in [-0.25, -0.2) is 0 Å². The number of carbonyl (C=O) groups is 1. The van der Waals surface area contributed by atoms with Gasteiger partial charge in [0, 0.05) is 18.4 Å². The van der Waals surface area contributed by atoms with Crippen LogP contribution in [0.2, 0.25) is 0 Å². The second-order valence-corrected chi connectivity index (χ2v) is 5.72. The maximum absolute atomic E-state index is 12.8. The Morgan fingerprint density at radius 3 is 2.31 bits per heavy atom. The molecule has 134 valence electrons. The highest BCUT2D eigenvalue weighted by atomic mass is 16.5. The number of nitrogens with zero attached hydrogens (tertiary/aromatic N) is 1. The highest BCUT2D eigenvalue weighted by Gasteiger charge is 2.16. The molecule has 0 fully saturated rings. The van der Waals surface area contributed by atoms with Crippen molar-refractivity contribution < 1.29 is 14.3 Å². The van der Waals surface area contributed by atoms with Gasteiger partial charge in [-0.15, -0.1) is 0 Å². The number of carbonyl (C=O) groups excluding carboxylic acids is 1. The summed E-state index contributed by atoms with van der Waals surface area (Å²) in [6.07, 6.45) is 1.59. The largest absolute Gasteiger partial charge is 0.497 e. The highest BCUT2D eigenvalue weighted by molar-refractivity contribution is 6.05. The maximum Gasteiger partial charge on any atom is 0.261 e. The van der Waals surface area contributed by atoms with Crippen molar-refractivity contribution in [1.29, 1.82) is 0 Å². The SMILES string of the molecule is CCn1cc(C(=O)Nc2ccc(OC)cc2)c(=O)c2cc(OC)ccc21. The average Bonchev–Trinajstić information content (AvgIpc) is 2.68. The summed E-state index contributed by atoms with van der Waals surface area (Å²) in [5, 5.41) is 3.21. The third-order valence-electron chi connectivity index (χ3n) is 4.22. The third kappa shape index (κ3) is 3.26. The van der Waals surface area contributed by atoms with Crippen LogP contribution >= 0.6 is 0 Å². The summed E-state index contributed by atoms with van der Waals surface area (Å²) in [5.41, 5.74) is 1.11. The van der Waals surface area contributed by atoms with E-state index in [1.54, 1.807) is 56.8 Å². The molecule has 26 heavy (non-hydrogen) atoms. The van der Waals surface area contributed by atoms with Crippen LogP contribution in [-0.4, -0.2) is 24.7 Å². The van der Waals surface area contributed by atoms with Crippen LogP contribution in [0.4, 0.5) is 5.69 Å². The normalized spacial score (nSPS) is 10.6. The number of anilines is 1. The Bertz CT molecular complexity index is 1010. The summed E-state index contributed by atoms with van der Waals surface area (Å²) < 4.78 is 12.2. The number of benzene rings is 2. The van der Waals surface area contributed by atoms with E-state index >= 15 is 0 Å². The van der Waals surface area contributed by atoms with E-state index in [-0.39, 0.29) is 11.0 Å². The first-order valence-corrected chi connectivity index (χ1v) is 8.24. The lowest BCUT2D eigenvalue weighted by Crippen LogP contribution is -2.23. The quantitative estimate of drug-likeness (QED) is 0.765. The molecule has 1 heterocycles. The van der Waals surface area contributed by atoms with E-state index in [0.29, 0.717) is 29.1 Å². The fourth-order valence-corrected chi connectivity index (χ4v) is 2.80. The fourth-order valence-electron chi connectivity index (χ4n) is 2.80. The zero-order valence-corrected chi connectivity index (χ0v) is 14.9. The molecule has 0 atom stereocenters. The van der Waals surface area contributed by atoms with Crippen LogP contribution in [-0.2, 0) is 6.54 Å². The summed E-state index contributed by atoms with van der Waals surface area (Å²) in [6, 6.07) is 12.2. The van der Waals surface area contributed by atoms with E-state index in [9.17, 15) is 9.59 Å². The van der Waals surface area contributed by atoms with Gasteiger partial charge >= 0.3 is 0 Å². The molecule has 0 saturated heterocycles. The topological polar surface area (TPSA) is 69.6 Å². The van der Waals surface area contributed by atoms with Gasteiger partial charge in [0.25, 0.3) is 5.91 Å². The summed E-state index contributed by atoms with van der Waals surface area (Å²) in [7, 11) is 3.11. The molecule has 1 amide bonds. The number of ether oxygens (including phenoxy) is 2. The first kappa shape index (κ1) is 17.5. The summed E-state index contributed by atoms with van der Waals surface area (Å²) >= 11 is 0. The van der Waals surface area contributed by atoms with Crippen LogP contribution in [0.25, 0.3) is 10.9 Å². The molecule has 2 aromatic carbocycles. The lowest BCUT2D eigenvalue weighted by atomic mass is 10.1. The first-order chi connectivity index (χ1) is 12.6. The van der Waals surface area contributed by atoms with Crippen molar-refractivity contribution in [2.45, 2.75) is 13.5 Å². The second kappa shape index (κ2) is 7.31. The van der Waals surface area contributed by atoms with Crippen LogP contribution in [0, 0.1) is 0 Å². The standard InChI is InChI=1S/C20H20N2O4/c1-4-22-12-17(19(23)16-11-15(26-3)9-10-18(16)22)20(24)21-13-5-7-14(25-2)8-6-13/h5-12H,4H2,1-3H3,(H,21,24). The second-order valence-electron chi connectivity index (χ2n) is 5.72. The Morgan fingerprint density at radius 2 is 1.69 bits per heavy atom. The molecule has 1 aromatic heterocycles. The molecule has 0 aliphatic carbocycles. The van der Waals surface area contributed by atoms with Gasteiger partial charge in [-0.05, 0) is 49.4 Å². The minimum Gasteiger partial charge on any atom is -0.497 e. The highest BCUT2D eigenvalue weighted by Crippen LogP contribution is 2.20. The molecule has 0 spiro atoms. The Morgan fingerprint density at radius 1 is 1.04 bits per heavy atom. The van der Waals surface area contributed by atoms with Gasteiger partial charge < -0.3 is 19.4 Å². The van der Waals surface area contributed by atoms with Gasteiger partial charge in [0.15, 0.2) is 0 Å². The van der Waals surface area contributed by atoms with Gasteiger partial charge in [0.2, 0.25) is 5.43 Å². The molecule has 0 saturated carbocycles. The molecular weight excluding hydrogens is 332 g/mol. The molecule has 3 rings (SSSR count). The fraction of sp³-hybridized carbons (Fsp3) is 0.200. The molecule has 6 nitrogen and oxygen atoms in total. The number of aryl methyl sites for hydroxylation is 1. The predicted octanol–water partition coefficient (Wildman–Crippen LogP) is 3.29. The zero-order valence-electron chi connectivity index (χ0n) is 14.9. The van der Waals surface area contributed by atoms with Gasteiger partial charge in [0.1, 0.15) is 17.1 Å². The number of hydrogen-bond donors (Lipinski definition) is 1. The lowest BCUT2D eigenvalue weighted by molar-refractivity contribution is 0.102. The van der Waals surface area contributed by atoms with Crippen molar-refractivity contribution in [3.63, 3.8) is 0 Å². The maximum atomic E-state index is 12.8. The minimum absolute atomic E-state index is 0.0865. The van der Waals surface area contributed by atoms with Crippen molar-refractivity contribution in [2.24, 2.45) is 0 Å². The van der Waals surface area contributed by atoms with Crippen molar-refractivity contribution >= 4 is 22.5 Å². The van der Waals surface area contributed by atoms with Crippen LogP contribution in [0.1, 0.15) is 17.3 Å². The van der Waals surface area contributed by atoms with Gasteiger partial charge in [-0.1, -0.05) is 0 Å². The van der Waals surface area contributed by atoms with Crippen molar-refractivity contribution in [3.8, 4) is 11.5 Å². The number of amides is 1. The number of rotatable bonds is 5. The molecule has 0 aliphatic heterocycles. The molecule has 0 aliphatic rings. The summed E-state index contributed by atoms with van der Waals surface area (Å²) in [5.74, 6) is 0.811. The minimum atomic E-state index is -0.452. The number of hydrogen-bond acceptors (Lipinski definition) is 4. The number of aromatic nitrogens is 1. The number of nitrogens with one attached hydrogen (secondary N) is 1. The van der Waals surface area contributed by atoms with E-state index in [1.807, 2.05) is 17.6 Å². The average molecular weight is 352 g/mol. The van der Waals surface area contributed by atoms with E-state index in [1.165, 1.54) is 0 Å².